The summed E-state index contributed by atoms with van der Waals surface area (Å²) in [5, 5.41) is 6.09. The zero-order valence-electron chi connectivity index (χ0n) is 15.7. The van der Waals surface area contributed by atoms with Gasteiger partial charge in [0, 0.05) is 19.2 Å². The van der Waals surface area contributed by atoms with Gasteiger partial charge in [-0.3, -0.25) is 4.99 Å². The molecule has 0 unspecified atom stereocenters. The normalized spacial score (nSPS) is 12.2. The first-order chi connectivity index (χ1) is 12.7. The van der Waals surface area contributed by atoms with Crippen LogP contribution in [0.4, 0.5) is 13.2 Å². The molecular weight excluding hydrogens is 361 g/mol. The number of halogens is 3. The van der Waals surface area contributed by atoms with E-state index in [1.807, 2.05) is 19.9 Å². The summed E-state index contributed by atoms with van der Waals surface area (Å²) < 4.78 is 47.8. The SMILES string of the molecule is CN=C(NCc1nc(C)c(C)o1)NCc1ccc(C)cc1OCC(F)(F)F. The van der Waals surface area contributed by atoms with Crippen LogP contribution in [0.1, 0.15) is 28.5 Å². The van der Waals surface area contributed by atoms with Crippen LogP contribution in [-0.4, -0.2) is 30.8 Å². The lowest BCUT2D eigenvalue weighted by Crippen LogP contribution is -2.36. The summed E-state index contributed by atoms with van der Waals surface area (Å²) in [5.41, 5.74) is 2.23. The molecule has 27 heavy (non-hydrogen) atoms. The van der Waals surface area contributed by atoms with Gasteiger partial charge in [0.1, 0.15) is 11.5 Å². The Bertz CT molecular complexity index is 781. The molecule has 0 aliphatic heterocycles. The van der Waals surface area contributed by atoms with Crippen LogP contribution in [0.15, 0.2) is 27.6 Å². The minimum absolute atomic E-state index is 0.189. The van der Waals surface area contributed by atoms with Gasteiger partial charge in [0.25, 0.3) is 0 Å². The number of ether oxygens (including phenoxy) is 1. The van der Waals surface area contributed by atoms with Crippen LogP contribution in [0.3, 0.4) is 0 Å². The van der Waals surface area contributed by atoms with E-state index < -0.39 is 12.8 Å². The van der Waals surface area contributed by atoms with E-state index in [1.54, 1.807) is 26.1 Å². The summed E-state index contributed by atoms with van der Waals surface area (Å²) in [7, 11) is 1.59. The Morgan fingerprint density at radius 3 is 2.48 bits per heavy atom. The maximum atomic E-state index is 12.4. The Kier molecular flexibility index (Phi) is 6.70. The number of hydrogen-bond donors (Lipinski definition) is 2. The number of nitrogens with one attached hydrogen (secondary N) is 2. The van der Waals surface area contributed by atoms with E-state index in [9.17, 15) is 13.2 Å². The summed E-state index contributed by atoms with van der Waals surface area (Å²) in [6, 6.07) is 5.12. The predicted molar refractivity (Wildman–Crippen MR) is 95.7 cm³/mol. The monoisotopic (exact) mass is 384 g/mol. The van der Waals surface area contributed by atoms with Crippen molar-refractivity contribution in [2.24, 2.45) is 4.99 Å². The molecular formula is C18H23F3N4O2. The fraction of sp³-hybridized carbons (Fsp3) is 0.444. The van der Waals surface area contributed by atoms with E-state index in [2.05, 4.69) is 20.6 Å². The molecule has 0 spiro atoms. The molecule has 0 bridgehead atoms. The quantitative estimate of drug-likeness (QED) is 0.590. The molecule has 0 saturated heterocycles. The minimum Gasteiger partial charge on any atom is -0.484 e. The van der Waals surface area contributed by atoms with Crippen LogP contribution in [0.5, 0.6) is 5.75 Å². The van der Waals surface area contributed by atoms with Crippen molar-refractivity contribution in [3.05, 3.63) is 46.7 Å². The highest BCUT2D eigenvalue weighted by molar-refractivity contribution is 5.79. The summed E-state index contributed by atoms with van der Waals surface area (Å²) in [6.45, 7) is 4.72. The topological polar surface area (TPSA) is 71.7 Å². The number of oxazole rings is 1. The van der Waals surface area contributed by atoms with E-state index in [0.717, 1.165) is 17.0 Å². The molecule has 0 aliphatic carbocycles. The number of aromatic nitrogens is 1. The van der Waals surface area contributed by atoms with Crippen LogP contribution in [-0.2, 0) is 13.1 Å². The van der Waals surface area contributed by atoms with Gasteiger partial charge in [0.2, 0.25) is 5.89 Å². The molecule has 0 fully saturated rings. The summed E-state index contributed by atoms with van der Waals surface area (Å²) in [5.74, 6) is 1.93. The molecule has 2 aromatic rings. The molecule has 2 N–H and O–H groups in total. The molecule has 1 aromatic heterocycles. The third-order valence-corrected chi connectivity index (χ3v) is 3.76. The molecule has 6 nitrogen and oxygen atoms in total. The van der Waals surface area contributed by atoms with E-state index >= 15 is 0 Å². The highest BCUT2D eigenvalue weighted by atomic mass is 19.4. The van der Waals surface area contributed by atoms with Gasteiger partial charge in [-0.15, -0.1) is 0 Å². The van der Waals surface area contributed by atoms with Crippen LogP contribution < -0.4 is 15.4 Å². The Morgan fingerprint density at radius 1 is 1.19 bits per heavy atom. The van der Waals surface area contributed by atoms with Gasteiger partial charge in [-0.05, 0) is 32.4 Å². The number of aliphatic imine (C=N–C) groups is 1. The lowest BCUT2D eigenvalue weighted by atomic mass is 10.1. The van der Waals surface area contributed by atoms with Gasteiger partial charge in [-0.1, -0.05) is 12.1 Å². The Hall–Kier alpha value is -2.71. The first kappa shape index (κ1) is 20.6. The lowest BCUT2D eigenvalue weighted by molar-refractivity contribution is -0.153. The van der Waals surface area contributed by atoms with Crippen LogP contribution in [0.25, 0.3) is 0 Å². The Labute approximate surface area is 155 Å². The average molecular weight is 384 g/mol. The van der Waals surface area contributed by atoms with Gasteiger partial charge >= 0.3 is 6.18 Å². The van der Waals surface area contributed by atoms with Crippen LogP contribution in [0, 0.1) is 20.8 Å². The predicted octanol–water partition coefficient (Wildman–Crippen LogP) is 3.41. The summed E-state index contributed by atoms with van der Waals surface area (Å²) in [6.07, 6.45) is -4.39. The second kappa shape index (κ2) is 8.79. The molecule has 9 heteroatoms. The fourth-order valence-corrected chi connectivity index (χ4v) is 2.28. The van der Waals surface area contributed by atoms with Crippen molar-refractivity contribution in [2.45, 2.75) is 40.0 Å². The summed E-state index contributed by atoms with van der Waals surface area (Å²) in [4.78, 5) is 8.35. The van der Waals surface area contributed by atoms with Crippen molar-refractivity contribution >= 4 is 5.96 Å². The third kappa shape index (κ3) is 6.50. The maximum absolute atomic E-state index is 12.4. The van der Waals surface area contributed by atoms with Gasteiger partial charge in [0.05, 0.1) is 12.2 Å². The number of aryl methyl sites for hydroxylation is 3. The zero-order chi connectivity index (χ0) is 20.0. The standard InChI is InChI=1S/C18H23F3N4O2/c1-11-5-6-14(15(7-11)26-10-18(19,20)21)8-23-17(22-4)24-9-16-25-12(2)13(3)27-16/h5-7H,8-10H2,1-4H3,(H2,22,23,24). The largest absolute Gasteiger partial charge is 0.484 e. The van der Waals surface area contributed by atoms with Gasteiger partial charge in [0.15, 0.2) is 12.6 Å². The second-order valence-corrected chi connectivity index (χ2v) is 6.04. The molecule has 0 amide bonds. The lowest BCUT2D eigenvalue weighted by Gasteiger charge is -2.16. The molecule has 0 aliphatic rings. The summed E-state index contributed by atoms with van der Waals surface area (Å²) >= 11 is 0. The molecule has 0 radical (unpaired) electrons. The average Bonchev–Trinajstić information content (AvgIpc) is 2.91. The van der Waals surface area contributed by atoms with Crippen molar-refractivity contribution in [2.75, 3.05) is 13.7 Å². The van der Waals surface area contributed by atoms with Crippen molar-refractivity contribution in [1.29, 1.82) is 0 Å². The van der Waals surface area contributed by atoms with Gasteiger partial charge in [-0.2, -0.15) is 13.2 Å². The van der Waals surface area contributed by atoms with Crippen molar-refractivity contribution in [3.63, 3.8) is 0 Å². The smallest absolute Gasteiger partial charge is 0.422 e. The third-order valence-electron chi connectivity index (χ3n) is 3.76. The number of guanidine groups is 1. The van der Waals surface area contributed by atoms with Gasteiger partial charge < -0.3 is 19.8 Å². The molecule has 2 rings (SSSR count). The molecule has 1 aromatic carbocycles. The Morgan fingerprint density at radius 2 is 1.89 bits per heavy atom. The molecule has 1 heterocycles. The van der Waals surface area contributed by atoms with Crippen LogP contribution in [0.2, 0.25) is 0 Å². The molecule has 148 valence electrons. The molecule has 0 atom stereocenters. The first-order valence-electron chi connectivity index (χ1n) is 8.34. The number of rotatable bonds is 6. The maximum Gasteiger partial charge on any atom is 0.422 e. The highest BCUT2D eigenvalue weighted by Crippen LogP contribution is 2.23. The highest BCUT2D eigenvalue weighted by Gasteiger charge is 2.28. The number of nitrogens with zero attached hydrogens (tertiary/aromatic N) is 2. The number of alkyl halides is 3. The van der Waals surface area contributed by atoms with E-state index in [4.69, 9.17) is 9.15 Å². The van der Waals surface area contributed by atoms with Crippen molar-refractivity contribution in [1.82, 2.24) is 15.6 Å². The van der Waals surface area contributed by atoms with Crippen LogP contribution >= 0.6 is 0 Å². The molecule has 0 saturated carbocycles. The zero-order valence-corrected chi connectivity index (χ0v) is 15.7. The van der Waals surface area contributed by atoms with Crippen molar-refractivity contribution in [3.8, 4) is 5.75 Å². The van der Waals surface area contributed by atoms with E-state index in [-0.39, 0.29) is 12.3 Å². The minimum atomic E-state index is -4.39. The Balaban J connectivity index is 1.97. The van der Waals surface area contributed by atoms with E-state index in [0.29, 0.717) is 24.0 Å². The fourth-order valence-electron chi connectivity index (χ4n) is 2.28. The van der Waals surface area contributed by atoms with Crippen molar-refractivity contribution < 1.29 is 22.3 Å². The van der Waals surface area contributed by atoms with Gasteiger partial charge in [-0.25, -0.2) is 4.98 Å². The first-order valence-corrected chi connectivity index (χ1v) is 8.34. The second-order valence-electron chi connectivity index (χ2n) is 6.04. The number of benzene rings is 1. The van der Waals surface area contributed by atoms with E-state index in [1.165, 1.54) is 0 Å². The number of hydrogen-bond acceptors (Lipinski definition) is 4.